The van der Waals surface area contributed by atoms with Crippen LogP contribution in [-0.4, -0.2) is 18.1 Å². The largest absolute Gasteiger partial charge is 0.464 e. The highest BCUT2D eigenvalue weighted by molar-refractivity contribution is 9.09. The van der Waals surface area contributed by atoms with Crippen molar-refractivity contribution in [2.24, 2.45) is 0 Å². The molecule has 0 radical (unpaired) electrons. The molecule has 3 nitrogen and oxygen atoms in total. The van der Waals surface area contributed by atoms with Gasteiger partial charge in [0.2, 0.25) is 0 Å². The number of esters is 1. The minimum atomic E-state index is -0.377. The lowest BCUT2D eigenvalue weighted by molar-refractivity contribution is 0.0594. The van der Waals surface area contributed by atoms with Gasteiger partial charge in [-0.25, -0.2) is 9.78 Å². The third-order valence-corrected chi connectivity index (χ3v) is 3.89. The van der Waals surface area contributed by atoms with Crippen molar-refractivity contribution in [3.8, 4) is 0 Å². The molecule has 1 rings (SSSR count). The number of carbonyl (C=O) groups excluding carboxylic acids is 1. The van der Waals surface area contributed by atoms with Gasteiger partial charge in [0.05, 0.1) is 11.9 Å². The smallest absolute Gasteiger partial charge is 0.357 e. The Bertz CT molecular complexity index is 300. The molecule has 0 N–H and O–H groups in total. The first-order valence-corrected chi connectivity index (χ1v) is 5.66. The van der Waals surface area contributed by atoms with E-state index >= 15 is 0 Å². The summed E-state index contributed by atoms with van der Waals surface area (Å²) in [6, 6.07) is 0. The Balaban J connectivity index is 2.80. The van der Waals surface area contributed by atoms with Crippen LogP contribution in [0, 0.1) is 0 Å². The predicted molar refractivity (Wildman–Crippen MR) is 55.4 cm³/mol. The zero-order chi connectivity index (χ0) is 9.84. The molecule has 1 atom stereocenters. The van der Waals surface area contributed by atoms with Crippen LogP contribution in [0.4, 0.5) is 0 Å². The van der Waals surface area contributed by atoms with E-state index in [-0.39, 0.29) is 10.8 Å². The van der Waals surface area contributed by atoms with Crippen molar-refractivity contribution in [3.63, 3.8) is 0 Å². The van der Waals surface area contributed by atoms with Crippen molar-refractivity contribution in [2.75, 3.05) is 7.11 Å². The minimum absolute atomic E-state index is 0.232. The molecule has 1 aromatic rings. The number of aromatic nitrogens is 1. The molecule has 0 aromatic carbocycles. The number of alkyl halides is 1. The van der Waals surface area contributed by atoms with Crippen LogP contribution in [0.5, 0.6) is 0 Å². The molecular weight excluding hydrogens is 254 g/mol. The Morgan fingerprint density at radius 2 is 2.54 bits per heavy atom. The van der Waals surface area contributed by atoms with E-state index in [2.05, 4.69) is 32.6 Å². The quantitative estimate of drug-likeness (QED) is 0.622. The number of carbonyl (C=O) groups is 1. The number of thiazole rings is 1. The van der Waals surface area contributed by atoms with E-state index in [1.54, 1.807) is 5.38 Å². The molecule has 0 bridgehead atoms. The van der Waals surface area contributed by atoms with E-state index in [1.807, 2.05) is 0 Å². The van der Waals surface area contributed by atoms with Crippen LogP contribution >= 0.6 is 27.3 Å². The Morgan fingerprint density at radius 3 is 3.08 bits per heavy atom. The molecular formula is C8H10BrNO2S. The molecule has 13 heavy (non-hydrogen) atoms. The van der Waals surface area contributed by atoms with Gasteiger partial charge in [-0.3, -0.25) is 0 Å². The van der Waals surface area contributed by atoms with Gasteiger partial charge in [0.25, 0.3) is 0 Å². The SMILES string of the molecule is CCC(Br)c1nc(C(=O)OC)cs1. The zero-order valence-electron chi connectivity index (χ0n) is 7.41. The van der Waals surface area contributed by atoms with Crippen LogP contribution < -0.4 is 0 Å². The monoisotopic (exact) mass is 263 g/mol. The van der Waals surface area contributed by atoms with Gasteiger partial charge in [0, 0.05) is 5.38 Å². The van der Waals surface area contributed by atoms with Crippen LogP contribution in [0.15, 0.2) is 5.38 Å². The standard InChI is InChI=1S/C8H10BrNO2S/c1-3-5(9)7-10-6(4-13-7)8(11)12-2/h4-5H,3H2,1-2H3. The van der Waals surface area contributed by atoms with Crippen LogP contribution in [-0.2, 0) is 4.74 Å². The lowest BCUT2D eigenvalue weighted by atomic mass is 10.3. The summed E-state index contributed by atoms with van der Waals surface area (Å²) in [7, 11) is 1.35. The molecule has 1 heterocycles. The van der Waals surface area contributed by atoms with Gasteiger partial charge in [-0.05, 0) is 6.42 Å². The number of nitrogens with zero attached hydrogens (tertiary/aromatic N) is 1. The second kappa shape index (κ2) is 4.72. The highest BCUT2D eigenvalue weighted by atomic mass is 79.9. The van der Waals surface area contributed by atoms with Gasteiger partial charge >= 0.3 is 5.97 Å². The second-order valence-electron chi connectivity index (χ2n) is 2.44. The van der Waals surface area contributed by atoms with Crippen LogP contribution in [0.3, 0.4) is 0 Å². The lowest BCUT2D eigenvalue weighted by Gasteiger charge is -1.99. The summed E-state index contributed by atoms with van der Waals surface area (Å²) in [6.07, 6.45) is 0.953. The van der Waals surface area contributed by atoms with E-state index in [4.69, 9.17) is 0 Å². The number of rotatable bonds is 3. The third kappa shape index (κ3) is 2.51. The Labute approximate surface area is 89.3 Å². The van der Waals surface area contributed by atoms with Crippen molar-refractivity contribution >= 4 is 33.2 Å². The van der Waals surface area contributed by atoms with Crippen molar-refractivity contribution < 1.29 is 9.53 Å². The van der Waals surface area contributed by atoms with E-state index in [1.165, 1.54) is 18.4 Å². The van der Waals surface area contributed by atoms with Gasteiger partial charge in [0.1, 0.15) is 5.01 Å². The predicted octanol–water partition coefficient (Wildman–Crippen LogP) is 2.78. The van der Waals surface area contributed by atoms with Gasteiger partial charge in [-0.2, -0.15) is 0 Å². The summed E-state index contributed by atoms with van der Waals surface area (Å²) in [6.45, 7) is 2.05. The molecule has 5 heteroatoms. The van der Waals surface area contributed by atoms with E-state index in [9.17, 15) is 4.79 Å². The fourth-order valence-electron chi connectivity index (χ4n) is 0.804. The fraction of sp³-hybridized carbons (Fsp3) is 0.500. The third-order valence-electron chi connectivity index (χ3n) is 1.54. The Kier molecular flexibility index (Phi) is 3.87. The normalized spacial score (nSPS) is 12.5. The van der Waals surface area contributed by atoms with Gasteiger partial charge < -0.3 is 4.74 Å². The first kappa shape index (κ1) is 10.7. The molecule has 1 aromatic heterocycles. The molecule has 1 unspecified atom stereocenters. The van der Waals surface area contributed by atoms with Gasteiger partial charge in [-0.1, -0.05) is 22.9 Å². The average Bonchev–Trinajstić information content (AvgIpc) is 2.64. The van der Waals surface area contributed by atoms with Crippen molar-refractivity contribution in [1.29, 1.82) is 0 Å². The van der Waals surface area contributed by atoms with Gasteiger partial charge in [0.15, 0.2) is 5.69 Å². The number of methoxy groups -OCH3 is 1. The molecule has 0 aliphatic rings. The summed E-state index contributed by atoms with van der Waals surface area (Å²) in [5, 5.41) is 2.63. The molecule has 0 amide bonds. The van der Waals surface area contributed by atoms with Crippen molar-refractivity contribution in [3.05, 3.63) is 16.1 Å². The van der Waals surface area contributed by atoms with E-state index in [0.29, 0.717) is 5.69 Å². The Morgan fingerprint density at radius 1 is 1.85 bits per heavy atom. The topological polar surface area (TPSA) is 39.2 Å². The van der Waals surface area contributed by atoms with E-state index in [0.717, 1.165) is 11.4 Å². The molecule has 0 aliphatic heterocycles. The van der Waals surface area contributed by atoms with Crippen molar-refractivity contribution in [1.82, 2.24) is 4.98 Å². The van der Waals surface area contributed by atoms with Crippen LogP contribution in [0.2, 0.25) is 0 Å². The lowest BCUT2D eigenvalue weighted by Crippen LogP contribution is -2.01. The van der Waals surface area contributed by atoms with Crippen LogP contribution in [0.1, 0.15) is 33.7 Å². The first-order valence-electron chi connectivity index (χ1n) is 3.86. The maximum Gasteiger partial charge on any atom is 0.357 e. The second-order valence-corrected chi connectivity index (χ2v) is 4.43. The number of hydrogen-bond acceptors (Lipinski definition) is 4. The summed E-state index contributed by atoms with van der Waals surface area (Å²) < 4.78 is 4.55. The molecule has 0 saturated heterocycles. The summed E-state index contributed by atoms with van der Waals surface area (Å²) in [4.78, 5) is 15.4. The molecule has 0 aliphatic carbocycles. The van der Waals surface area contributed by atoms with Crippen LogP contribution in [0.25, 0.3) is 0 Å². The Hall–Kier alpha value is -0.420. The summed E-state index contributed by atoms with van der Waals surface area (Å²) in [5.74, 6) is -0.377. The fourth-order valence-corrected chi connectivity index (χ4v) is 2.08. The minimum Gasteiger partial charge on any atom is -0.464 e. The molecule has 0 fully saturated rings. The molecule has 0 saturated carbocycles. The summed E-state index contributed by atoms with van der Waals surface area (Å²) >= 11 is 4.93. The maximum absolute atomic E-state index is 11.0. The highest BCUT2D eigenvalue weighted by Crippen LogP contribution is 2.28. The number of halogens is 1. The first-order chi connectivity index (χ1) is 6.19. The molecule has 72 valence electrons. The van der Waals surface area contributed by atoms with E-state index < -0.39 is 0 Å². The number of hydrogen-bond donors (Lipinski definition) is 0. The van der Waals surface area contributed by atoms with Gasteiger partial charge in [-0.15, -0.1) is 11.3 Å². The zero-order valence-corrected chi connectivity index (χ0v) is 9.81. The maximum atomic E-state index is 11.0. The molecule has 0 spiro atoms. The summed E-state index contributed by atoms with van der Waals surface area (Å²) in [5.41, 5.74) is 0.389. The average molecular weight is 264 g/mol. The highest BCUT2D eigenvalue weighted by Gasteiger charge is 2.14. The van der Waals surface area contributed by atoms with Crippen molar-refractivity contribution in [2.45, 2.75) is 18.2 Å². The number of ether oxygens (including phenoxy) is 1.